The highest BCUT2D eigenvalue weighted by Crippen LogP contribution is 2.31. The third-order valence-corrected chi connectivity index (χ3v) is 6.40. The first-order chi connectivity index (χ1) is 17.6. The summed E-state index contributed by atoms with van der Waals surface area (Å²) < 4.78 is 10.0. The standard InChI is InChI=1S/C28H45N3O6S/c1-17(2)13-14-20(5)31(26(34)21(16-38)30-27(35)37-28(6,7)8)24(25(33)29-15-22(32)36-9)23-18(3)11-10-12-19(23)4/h10-12,17,20-21,24,38H,13-16H2,1-9H3,(H,29,33)(H,30,35). The van der Waals surface area contributed by atoms with E-state index in [1.54, 1.807) is 20.8 Å². The molecule has 2 N–H and O–H groups in total. The van der Waals surface area contributed by atoms with E-state index in [0.29, 0.717) is 17.9 Å². The van der Waals surface area contributed by atoms with Gasteiger partial charge in [0.2, 0.25) is 11.8 Å². The number of hydrogen-bond donors (Lipinski definition) is 3. The van der Waals surface area contributed by atoms with Gasteiger partial charge < -0.3 is 25.0 Å². The molecule has 1 aromatic rings. The molecule has 0 aliphatic heterocycles. The molecule has 3 amide bonds. The van der Waals surface area contributed by atoms with E-state index in [2.05, 4.69) is 41.8 Å². The van der Waals surface area contributed by atoms with Gasteiger partial charge in [-0.1, -0.05) is 32.0 Å². The van der Waals surface area contributed by atoms with Crippen LogP contribution in [0.4, 0.5) is 4.79 Å². The molecule has 0 aliphatic rings. The minimum absolute atomic E-state index is 0.00523. The van der Waals surface area contributed by atoms with Crippen molar-refractivity contribution in [3.63, 3.8) is 0 Å². The summed E-state index contributed by atoms with van der Waals surface area (Å²) in [6.45, 7) is 14.7. The predicted molar refractivity (Wildman–Crippen MR) is 151 cm³/mol. The van der Waals surface area contributed by atoms with Crippen molar-refractivity contribution in [1.29, 1.82) is 0 Å². The zero-order chi connectivity index (χ0) is 29.2. The Morgan fingerprint density at radius 1 is 1.03 bits per heavy atom. The Bertz CT molecular complexity index is 956. The number of ether oxygens (including phenoxy) is 2. The number of amides is 3. The van der Waals surface area contributed by atoms with Crippen LogP contribution in [-0.4, -0.2) is 65.9 Å². The zero-order valence-electron chi connectivity index (χ0n) is 24.2. The summed E-state index contributed by atoms with van der Waals surface area (Å²) >= 11 is 4.34. The Kier molecular flexibility index (Phi) is 13.1. The fourth-order valence-corrected chi connectivity index (χ4v) is 4.36. The molecule has 0 spiro atoms. The first-order valence-corrected chi connectivity index (χ1v) is 13.6. The van der Waals surface area contributed by atoms with E-state index >= 15 is 0 Å². The van der Waals surface area contributed by atoms with Crippen LogP contribution in [0.15, 0.2) is 18.2 Å². The first kappa shape index (κ1) is 33.3. The molecule has 0 aromatic heterocycles. The number of nitrogens with one attached hydrogen (secondary N) is 2. The number of carbonyl (C=O) groups excluding carboxylic acids is 4. The van der Waals surface area contributed by atoms with Gasteiger partial charge in [-0.3, -0.25) is 14.4 Å². The van der Waals surface area contributed by atoms with E-state index in [4.69, 9.17) is 4.74 Å². The number of alkyl carbamates (subject to hydrolysis) is 1. The van der Waals surface area contributed by atoms with Gasteiger partial charge in [-0.05, 0) is 77.0 Å². The third-order valence-electron chi connectivity index (χ3n) is 6.04. The van der Waals surface area contributed by atoms with E-state index < -0.39 is 41.6 Å². The second kappa shape index (κ2) is 15.0. The molecular weight excluding hydrogens is 506 g/mol. The van der Waals surface area contributed by atoms with Crippen LogP contribution < -0.4 is 10.6 Å². The lowest BCUT2D eigenvalue weighted by Crippen LogP contribution is -2.56. The predicted octanol–water partition coefficient (Wildman–Crippen LogP) is 4.11. The Morgan fingerprint density at radius 3 is 2.08 bits per heavy atom. The maximum absolute atomic E-state index is 14.1. The van der Waals surface area contributed by atoms with E-state index in [1.165, 1.54) is 12.0 Å². The van der Waals surface area contributed by atoms with Crippen molar-refractivity contribution in [2.45, 2.75) is 92.0 Å². The monoisotopic (exact) mass is 551 g/mol. The van der Waals surface area contributed by atoms with Crippen LogP contribution in [0, 0.1) is 19.8 Å². The first-order valence-electron chi connectivity index (χ1n) is 13.0. The molecular formula is C28H45N3O6S. The summed E-state index contributed by atoms with van der Waals surface area (Å²) in [6, 6.07) is 3.15. The average Bonchev–Trinajstić information content (AvgIpc) is 2.81. The second-order valence-electron chi connectivity index (χ2n) is 10.9. The largest absolute Gasteiger partial charge is 0.468 e. The van der Waals surface area contributed by atoms with Gasteiger partial charge >= 0.3 is 12.1 Å². The molecule has 3 atom stereocenters. The van der Waals surface area contributed by atoms with E-state index in [1.807, 2.05) is 39.0 Å². The van der Waals surface area contributed by atoms with Gasteiger partial charge in [-0.2, -0.15) is 12.6 Å². The van der Waals surface area contributed by atoms with Crippen molar-refractivity contribution in [1.82, 2.24) is 15.5 Å². The minimum atomic E-state index is -1.06. The van der Waals surface area contributed by atoms with Gasteiger partial charge in [-0.15, -0.1) is 0 Å². The Labute approximate surface area is 232 Å². The molecule has 0 fully saturated rings. The van der Waals surface area contributed by atoms with E-state index in [-0.39, 0.29) is 18.3 Å². The van der Waals surface area contributed by atoms with Crippen LogP contribution in [0.1, 0.15) is 77.1 Å². The molecule has 1 aromatic carbocycles. The minimum Gasteiger partial charge on any atom is -0.468 e. The van der Waals surface area contributed by atoms with Crippen molar-refractivity contribution in [3.05, 3.63) is 34.9 Å². The number of hydrogen-bond acceptors (Lipinski definition) is 7. The summed E-state index contributed by atoms with van der Waals surface area (Å²) in [6.07, 6.45) is 0.693. The van der Waals surface area contributed by atoms with Gasteiger partial charge in [0.1, 0.15) is 24.2 Å². The number of aryl methyl sites for hydroxylation is 2. The van der Waals surface area contributed by atoms with Crippen LogP contribution in [0.2, 0.25) is 0 Å². The number of thiol groups is 1. The van der Waals surface area contributed by atoms with Crippen LogP contribution in [-0.2, 0) is 23.9 Å². The molecule has 10 heteroatoms. The van der Waals surface area contributed by atoms with E-state index in [0.717, 1.165) is 17.5 Å². The normalized spacial score (nSPS) is 13.8. The maximum Gasteiger partial charge on any atom is 0.408 e. The SMILES string of the molecule is COC(=O)CNC(=O)C(c1c(C)cccc1C)N(C(=O)C(CS)NC(=O)OC(C)(C)C)C(C)CCC(C)C. The van der Waals surface area contributed by atoms with Gasteiger partial charge in [-0.25, -0.2) is 4.79 Å². The van der Waals surface area contributed by atoms with Crippen LogP contribution in [0.25, 0.3) is 0 Å². The van der Waals surface area contributed by atoms with Crippen molar-refractivity contribution in [3.8, 4) is 0 Å². The number of benzene rings is 1. The Morgan fingerprint density at radius 2 is 1.61 bits per heavy atom. The van der Waals surface area contributed by atoms with Gasteiger partial charge in [0, 0.05) is 11.8 Å². The van der Waals surface area contributed by atoms with E-state index in [9.17, 15) is 19.2 Å². The zero-order valence-corrected chi connectivity index (χ0v) is 25.1. The molecule has 0 saturated carbocycles. The molecule has 0 bridgehead atoms. The third kappa shape index (κ3) is 10.2. The summed E-state index contributed by atoms with van der Waals surface area (Å²) in [7, 11) is 1.24. The highest BCUT2D eigenvalue weighted by atomic mass is 32.1. The molecule has 0 saturated heterocycles. The lowest BCUT2D eigenvalue weighted by atomic mass is 9.91. The lowest BCUT2D eigenvalue weighted by Gasteiger charge is -2.39. The molecule has 9 nitrogen and oxygen atoms in total. The number of esters is 1. The van der Waals surface area contributed by atoms with Gasteiger partial charge in [0.05, 0.1) is 7.11 Å². The Balaban J connectivity index is 3.63. The molecule has 38 heavy (non-hydrogen) atoms. The van der Waals surface area contributed by atoms with Gasteiger partial charge in [0.25, 0.3) is 0 Å². The van der Waals surface area contributed by atoms with Crippen molar-refractivity contribution in [2.24, 2.45) is 5.92 Å². The molecule has 0 radical (unpaired) electrons. The fraction of sp³-hybridized carbons (Fsp3) is 0.643. The quantitative estimate of drug-likeness (QED) is 0.266. The summed E-state index contributed by atoms with van der Waals surface area (Å²) in [5, 5.41) is 5.25. The summed E-state index contributed by atoms with van der Waals surface area (Å²) in [5.41, 5.74) is 1.54. The Hall–Kier alpha value is -2.75. The summed E-state index contributed by atoms with van der Waals surface area (Å²) in [5.74, 6) is -1.23. The number of carbonyl (C=O) groups is 4. The number of methoxy groups -OCH3 is 1. The van der Waals surface area contributed by atoms with Gasteiger partial charge in [0.15, 0.2) is 0 Å². The number of nitrogens with zero attached hydrogens (tertiary/aromatic N) is 1. The van der Waals surface area contributed by atoms with Crippen molar-refractivity contribution < 1.29 is 28.7 Å². The highest BCUT2D eigenvalue weighted by Gasteiger charge is 2.39. The van der Waals surface area contributed by atoms with Crippen LogP contribution in [0.5, 0.6) is 0 Å². The van der Waals surface area contributed by atoms with Crippen molar-refractivity contribution >= 4 is 36.5 Å². The van der Waals surface area contributed by atoms with Crippen LogP contribution in [0.3, 0.4) is 0 Å². The molecule has 3 unspecified atom stereocenters. The van der Waals surface area contributed by atoms with Crippen molar-refractivity contribution in [2.75, 3.05) is 19.4 Å². The smallest absolute Gasteiger partial charge is 0.408 e. The fourth-order valence-electron chi connectivity index (χ4n) is 4.11. The molecule has 0 aliphatic carbocycles. The molecule has 1 rings (SSSR count). The highest BCUT2D eigenvalue weighted by molar-refractivity contribution is 7.80. The van der Waals surface area contributed by atoms with Crippen LogP contribution >= 0.6 is 12.6 Å². The molecule has 0 heterocycles. The maximum atomic E-state index is 14.1. The average molecular weight is 552 g/mol. The topological polar surface area (TPSA) is 114 Å². The molecule has 214 valence electrons. The second-order valence-corrected chi connectivity index (χ2v) is 11.3. The summed E-state index contributed by atoms with van der Waals surface area (Å²) in [4.78, 5) is 53.8. The lowest BCUT2D eigenvalue weighted by molar-refractivity contribution is -0.146. The number of rotatable bonds is 12.